The second-order valence-electron chi connectivity index (χ2n) is 8.19. The molecule has 9 heteroatoms. The van der Waals surface area contributed by atoms with Gasteiger partial charge in [0.15, 0.2) is 16.6 Å². The Hall–Kier alpha value is -1.07. The summed E-state index contributed by atoms with van der Waals surface area (Å²) in [5.74, 6) is 0. The lowest BCUT2D eigenvalue weighted by Crippen LogP contribution is -2.45. The Morgan fingerprint density at radius 1 is 0.667 bits per heavy atom. The van der Waals surface area contributed by atoms with Crippen molar-refractivity contribution in [3.8, 4) is 0 Å². The van der Waals surface area contributed by atoms with Gasteiger partial charge in [0, 0.05) is 26.2 Å². The number of nitrogens with one attached hydrogen (secondary N) is 4. The number of hydrogen-bond acceptors (Lipinski definition) is 3. The first-order valence-corrected chi connectivity index (χ1v) is 16.6. The van der Waals surface area contributed by atoms with Gasteiger partial charge in [-0.05, 0) is 64.0 Å². The molecular formula is C18H42N4O3Si2. The average Bonchev–Trinajstić information content (AvgIpc) is 2.58. The van der Waals surface area contributed by atoms with E-state index in [2.05, 4.69) is 47.5 Å². The summed E-state index contributed by atoms with van der Waals surface area (Å²) in [7, 11) is -3.49. The zero-order valence-electron chi connectivity index (χ0n) is 18.3. The molecule has 0 heterocycles. The first kappa shape index (κ1) is 25.9. The third-order valence-corrected chi connectivity index (χ3v) is 11.6. The molecule has 0 aliphatic carbocycles. The molecule has 160 valence electrons. The van der Waals surface area contributed by atoms with Crippen molar-refractivity contribution in [2.45, 2.75) is 77.8 Å². The molecule has 0 spiro atoms. The molecular weight excluding hydrogens is 376 g/mol. The Labute approximate surface area is 168 Å². The van der Waals surface area contributed by atoms with E-state index in [0.29, 0.717) is 26.2 Å². The number of urea groups is 2. The second kappa shape index (κ2) is 14.0. The average molecular weight is 419 g/mol. The van der Waals surface area contributed by atoms with Gasteiger partial charge in [-0.15, -0.1) is 0 Å². The minimum absolute atomic E-state index is 0.0811. The van der Waals surface area contributed by atoms with E-state index in [1.165, 1.54) is 0 Å². The summed E-state index contributed by atoms with van der Waals surface area (Å²) in [6.07, 6.45) is 3.78. The van der Waals surface area contributed by atoms with Gasteiger partial charge in [-0.2, -0.15) is 0 Å². The number of amides is 4. The number of hydrogen-bond donors (Lipinski definition) is 4. The summed E-state index contributed by atoms with van der Waals surface area (Å²) in [4.78, 5) is 23.1. The van der Waals surface area contributed by atoms with E-state index in [4.69, 9.17) is 4.12 Å². The molecule has 0 radical (unpaired) electrons. The van der Waals surface area contributed by atoms with Crippen molar-refractivity contribution in [3.05, 3.63) is 0 Å². The Bertz CT molecular complexity index is 397. The van der Waals surface area contributed by atoms with Crippen molar-refractivity contribution in [3.63, 3.8) is 0 Å². The van der Waals surface area contributed by atoms with E-state index in [9.17, 15) is 9.59 Å². The molecule has 0 aliphatic rings. The molecule has 0 aromatic carbocycles. The summed E-state index contributed by atoms with van der Waals surface area (Å²) < 4.78 is 6.59. The summed E-state index contributed by atoms with van der Waals surface area (Å²) in [6.45, 7) is 15.9. The van der Waals surface area contributed by atoms with Crippen LogP contribution in [-0.2, 0) is 4.12 Å². The van der Waals surface area contributed by atoms with Gasteiger partial charge in [0.05, 0.1) is 0 Å². The Morgan fingerprint density at radius 3 is 1.33 bits per heavy atom. The molecule has 0 bridgehead atoms. The monoisotopic (exact) mass is 418 g/mol. The smallest absolute Gasteiger partial charge is 0.314 e. The minimum Gasteiger partial charge on any atom is -0.455 e. The minimum atomic E-state index is -1.75. The van der Waals surface area contributed by atoms with Crippen LogP contribution in [0.2, 0.25) is 38.3 Å². The van der Waals surface area contributed by atoms with E-state index in [0.717, 1.165) is 37.8 Å². The second-order valence-corrected chi connectivity index (χ2v) is 17.0. The fourth-order valence-electron chi connectivity index (χ4n) is 2.88. The lowest BCUT2D eigenvalue weighted by molar-refractivity contribution is 0.240. The standard InChI is InChI=1S/C18H42N4O3Si2/c1-7-11-19-17(23)21-13-9-15-26(3,4)25-27(5,6)16-10-14-22-18(24)20-12-8-2/h7-16H2,1-6H3,(H2,19,21,23)(H2,20,22,24). The van der Waals surface area contributed by atoms with Crippen LogP contribution in [0.25, 0.3) is 0 Å². The van der Waals surface area contributed by atoms with Crippen LogP contribution < -0.4 is 21.3 Å². The highest BCUT2D eigenvalue weighted by molar-refractivity contribution is 6.84. The van der Waals surface area contributed by atoms with E-state index in [1.54, 1.807) is 0 Å². The number of carbonyl (C=O) groups is 2. The highest BCUT2D eigenvalue weighted by Gasteiger charge is 2.32. The van der Waals surface area contributed by atoms with Crippen LogP contribution in [-0.4, -0.2) is 54.9 Å². The number of rotatable bonds is 14. The van der Waals surface area contributed by atoms with Crippen molar-refractivity contribution < 1.29 is 13.7 Å². The van der Waals surface area contributed by atoms with E-state index < -0.39 is 16.6 Å². The van der Waals surface area contributed by atoms with Crippen LogP contribution in [0, 0.1) is 0 Å². The molecule has 4 N–H and O–H groups in total. The van der Waals surface area contributed by atoms with Crippen LogP contribution in [0.5, 0.6) is 0 Å². The molecule has 0 fully saturated rings. The molecule has 0 rings (SSSR count). The van der Waals surface area contributed by atoms with Crippen molar-refractivity contribution >= 4 is 28.7 Å². The van der Waals surface area contributed by atoms with Gasteiger partial charge in [0.2, 0.25) is 0 Å². The Morgan fingerprint density at radius 2 is 1.00 bits per heavy atom. The van der Waals surface area contributed by atoms with Crippen molar-refractivity contribution in [1.82, 2.24) is 21.3 Å². The third kappa shape index (κ3) is 15.7. The fraction of sp³-hybridized carbons (Fsp3) is 0.889. The molecule has 0 saturated heterocycles. The van der Waals surface area contributed by atoms with Gasteiger partial charge in [0.25, 0.3) is 0 Å². The fourth-order valence-corrected chi connectivity index (χ4v) is 11.7. The zero-order valence-corrected chi connectivity index (χ0v) is 20.3. The SMILES string of the molecule is CCCNC(=O)NCCC[Si](C)(C)O[Si](C)(C)CCCNC(=O)NCCC. The summed E-state index contributed by atoms with van der Waals surface area (Å²) >= 11 is 0. The predicted molar refractivity (Wildman–Crippen MR) is 118 cm³/mol. The van der Waals surface area contributed by atoms with Gasteiger partial charge < -0.3 is 25.4 Å². The summed E-state index contributed by atoms with van der Waals surface area (Å²) in [5.41, 5.74) is 0. The maximum atomic E-state index is 11.5. The highest BCUT2D eigenvalue weighted by atomic mass is 28.4. The third-order valence-electron chi connectivity index (χ3n) is 4.11. The van der Waals surface area contributed by atoms with Gasteiger partial charge >= 0.3 is 12.1 Å². The largest absolute Gasteiger partial charge is 0.455 e. The Balaban J connectivity index is 4.00. The molecule has 0 aromatic heterocycles. The van der Waals surface area contributed by atoms with Crippen molar-refractivity contribution in [1.29, 1.82) is 0 Å². The van der Waals surface area contributed by atoms with Gasteiger partial charge in [-0.1, -0.05) is 13.8 Å². The normalized spacial score (nSPS) is 11.8. The number of carbonyl (C=O) groups excluding carboxylic acids is 2. The van der Waals surface area contributed by atoms with Crippen LogP contribution in [0.4, 0.5) is 9.59 Å². The lowest BCUT2D eigenvalue weighted by Gasteiger charge is -2.34. The van der Waals surface area contributed by atoms with Gasteiger partial charge in [-0.25, -0.2) is 9.59 Å². The summed E-state index contributed by atoms with van der Waals surface area (Å²) in [6, 6.07) is 1.91. The molecule has 0 unspecified atom stereocenters. The maximum absolute atomic E-state index is 11.5. The quantitative estimate of drug-likeness (QED) is 0.256. The molecule has 0 aliphatic heterocycles. The first-order chi connectivity index (χ1) is 12.6. The molecule has 27 heavy (non-hydrogen) atoms. The van der Waals surface area contributed by atoms with Gasteiger partial charge in [-0.3, -0.25) is 0 Å². The topological polar surface area (TPSA) is 91.5 Å². The first-order valence-electron chi connectivity index (χ1n) is 10.4. The van der Waals surface area contributed by atoms with E-state index in [-0.39, 0.29) is 12.1 Å². The van der Waals surface area contributed by atoms with Crippen molar-refractivity contribution in [2.75, 3.05) is 26.2 Å². The lowest BCUT2D eigenvalue weighted by atomic mass is 10.5. The van der Waals surface area contributed by atoms with Crippen LogP contribution in [0.1, 0.15) is 39.5 Å². The van der Waals surface area contributed by atoms with Crippen LogP contribution in [0.3, 0.4) is 0 Å². The van der Waals surface area contributed by atoms with E-state index >= 15 is 0 Å². The molecule has 7 nitrogen and oxygen atoms in total. The maximum Gasteiger partial charge on any atom is 0.314 e. The molecule has 0 aromatic rings. The van der Waals surface area contributed by atoms with Gasteiger partial charge in [0.1, 0.15) is 0 Å². The van der Waals surface area contributed by atoms with Crippen LogP contribution in [0.15, 0.2) is 0 Å². The molecule has 0 saturated carbocycles. The zero-order chi connectivity index (χ0) is 20.8. The van der Waals surface area contributed by atoms with Crippen LogP contribution >= 0.6 is 0 Å². The highest BCUT2D eigenvalue weighted by Crippen LogP contribution is 2.23. The van der Waals surface area contributed by atoms with Crippen molar-refractivity contribution in [2.24, 2.45) is 0 Å². The predicted octanol–water partition coefficient (Wildman–Crippen LogP) is 3.61. The Kier molecular flexibility index (Phi) is 13.5. The molecule has 0 atom stereocenters. The molecule has 4 amide bonds. The van der Waals surface area contributed by atoms with E-state index in [1.807, 2.05) is 13.8 Å². The summed E-state index contributed by atoms with van der Waals surface area (Å²) in [5, 5.41) is 11.4.